The number of nitrogens with zero attached hydrogens (tertiary/aromatic N) is 1. The fourth-order valence-corrected chi connectivity index (χ4v) is 0.990. The van der Waals surface area contributed by atoms with Gasteiger partial charge in [-0.2, -0.15) is 0 Å². The Morgan fingerprint density at radius 3 is 3.00 bits per heavy atom. The standard InChI is InChI=1S/C9H15N3O2/c1-2-3-14-6-8-11-5-7(4-10)9(13)12-8/h5H,2-4,6,10H2,1H3,(H,11,12,13). The molecule has 0 aliphatic carbocycles. The number of hydrogen-bond donors (Lipinski definition) is 2. The van der Waals surface area contributed by atoms with Gasteiger partial charge in [-0.25, -0.2) is 4.98 Å². The highest BCUT2D eigenvalue weighted by molar-refractivity contribution is 5.04. The van der Waals surface area contributed by atoms with Crippen molar-refractivity contribution in [2.45, 2.75) is 26.5 Å². The van der Waals surface area contributed by atoms with Crippen LogP contribution in [0.3, 0.4) is 0 Å². The number of nitrogens with two attached hydrogens (primary N) is 1. The van der Waals surface area contributed by atoms with Crippen LogP contribution in [-0.4, -0.2) is 16.6 Å². The number of H-pyrrole nitrogens is 1. The van der Waals surface area contributed by atoms with E-state index in [1.165, 1.54) is 6.20 Å². The predicted molar refractivity (Wildman–Crippen MR) is 52.7 cm³/mol. The minimum atomic E-state index is -0.183. The molecule has 1 heterocycles. The fraction of sp³-hybridized carbons (Fsp3) is 0.556. The van der Waals surface area contributed by atoms with Gasteiger partial charge in [-0.1, -0.05) is 6.92 Å². The summed E-state index contributed by atoms with van der Waals surface area (Å²) in [7, 11) is 0. The molecule has 5 nitrogen and oxygen atoms in total. The molecule has 0 saturated carbocycles. The SMILES string of the molecule is CCCOCc1ncc(CN)c(=O)[nH]1. The predicted octanol–water partition coefficient (Wildman–Crippen LogP) is 0.155. The van der Waals surface area contributed by atoms with Gasteiger partial charge in [-0.3, -0.25) is 4.79 Å². The van der Waals surface area contributed by atoms with Gasteiger partial charge in [-0.05, 0) is 6.42 Å². The molecule has 0 aromatic carbocycles. The smallest absolute Gasteiger partial charge is 0.255 e. The number of aromatic amines is 1. The third kappa shape index (κ3) is 2.93. The van der Waals surface area contributed by atoms with Crippen LogP contribution in [0.5, 0.6) is 0 Å². The molecule has 1 aromatic rings. The van der Waals surface area contributed by atoms with Gasteiger partial charge in [0.25, 0.3) is 5.56 Å². The lowest BCUT2D eigenvalue weighted by Crippen LogP contribution is -2.19. The van der Waals surface area contributed by atoms with Crippen molar-refractivity contribution in [3.05, 3.63) is 27.9 Å². The maximum absolute atomic E-state index is 11.3. The van der Waals surface area contributed by atoms with E-state index in [0.29, 0.717) is 24.6 Å². The maximum atomic E-state index is 11.3. The van der Waals surface area contributed by atoms with Gasteiger partial charge < -0.3 is 15.5 Å². The summed E-state index contributed by atoms with van der Waals surface area (Å²) in [5.74, 6) is 0.542. The molecule has 5 heteroatoms. The first-order valence-electron chi connectivity index (χ1n) is 4.62. The zero-order chi connectivity index (χ0) is 10.4. The largest absolute Gasteiger partial charge is 0.374 e. The molecule has 0 aliphatic rings. The quantitative estimate of drug-likeness (QED) is 0.658. The Hall–Kier alpha value is -1.20. The average molecular weight is 197 g/mol. The van der Waals surface area contributed by atoms with Crippen molar-refractivity contribution in [2.24, 2.45) is 5.73 Å². The molecule has 14 heavy (non-hydrogen) atoms. The van der Waals surface area contributed by atoms with Crippen molar-refractivity contribution >= 4 is 0 Å². The lowest BCUT2D eigenvalue weighted by molar-refractivity contribution is 0.116. The van der Waals surface area contributed by atoms with Crippen molar-refractivity contribution < 1.29 is 4.74 Å². The minimum absolute atomic E-state index is 0.183. The van der Waals surface area contributed by atoms with Crippen molar-refractivity contribution in [1.82, 2.24) is 9.97 Å². The van der Waals surface area contributed by atoms with E-state index in [1.807, 2.05) is 6.92 Å². The fourth-order valence-electron chi connectivity index (χ4n) is 0.990. The summed E-state index contributed by atoms with van der Waals surface area (Å²) < 4.78 is 5.23. The average Bonchev–Trinajstić information content (AvgIpc) is 2.18. The van der Waals surface area contributed by atoms with Crippen molar-refractivity contribution in [3.63, 3.8) is 0 Å². The molecule has 0 amide bonds. The third-order valence-corrected chi connectivity index (χ3v) is 1.73. The molecule has 0 saturated heterocycles. The van der Waals surface area contributed by atoms with Crippen molar-refractivity contribution in [1.29, 1.82) is 0 Å². The summed E-state index contributed by atoms with van der Waals surface area (Å²) >= 11 is 0. The van der Waals surface area contributed by atoms with E-state index in [4.69, 9.17) is 10.5 Å². The maximum Gasteiger partial charge on any atom is 0.255 e. The number of hydrogen-bond acceptors (Lipinski definition) is 4. The second kappa shape index (κ2) is 5.51. The molecule has 0 fully saturated rings. The lowest BCUT2D eigenvalue weighted by atomic mass is 10.3. The van der Waals surface area contributed by atoms with Gasteiger partial charge in [0, 0.05) is 24.9 Å². The number of aromatic nitrogens is 2. The zero-order valence-electron chi connectivity index (χ0n) is 8.25. The summed E-state index contributed by atoms with van der Waals surface area (Å²) in [6.07, 6.45) is 2.44. The molecule has 1 rings (SSSR count). The summed E-state index contributed by atoms with van der Waals surface area (Å²) in [6.45, 7) is 3.24. The molecule has 0 bridgehead atoms. The molecule has 78 valence electrons. The Morgan fingerprint density at radius 1 is 1.64 bits per heavy atom. The molecule has 0 atom stereocenters. The Balaban J connectivity index is 2.62. The van der Waals surface area contributed by atoms with Crippen molar-refractivity contribution in [3.8, 4) is 0 Å². The van der Waals surface area contributed by atoms with Crippen LogP contribution < -0.4 is 11.3 Å². The van der Waals surface area contributed by atoms with Crippen LogP contribution in [0.4, 0.5) is 0 Å². The van der Waals surface area contributed by atoms with Crippen LogP contribution in [0, 0.1) is 0 Å². The van der Waals surface area contributed by atoms with Crippen LogP contribution in [0.1, 0.15) is 24.7 Å². The van der Waals surface area contributed by atoms with Crippen LogP contribution >= 0.6 is 0 Å². The third-order valence-electron chi connectivity index (χ3n) is 1.73. The van der Waals surface area contributed by atoms with E-state index in [0.717, 1.165) is 6.42 Å². The summed E-state index contributed by atoms with van der Waals surface area (Å²) in [5.41, 5.74) is 5.64. The Morgan fingerprint density at radius 2 is 2.43 bits per heavy atom. The highest BCUT2D eigenvalue weighted by atomic mass is 16.5. The monoisotopic (exact) mass is 197 g/mol. The highest BCUT2D eigenvalue weighted by Crippen LogP contribution is 1.92. The van der Waals surface area contributed by atoms with Gasteiger partial charge >= 0.3 is 0 Å². The van der Waals surface area contributed by atoms with Crippen LogP contribution in [0.15, 0.2) is 11.0 Å². The summed E-state index contributed by atoms with van der Waals surface area (Å²) in [5, 5.41) is 0. The first kappa shape index (κ1) is 10.9. The number of rotatable bonds is 5. The van der Waals surface area contributed by atoms with Gasteiger partial charge in [0.2, 0.25) is 0 Å². The number of nitrogens with one attached hydrogen (secondary N) is 1. The van der Waals surface area contributed by atoms with E-state index >= 15 is 0 Å². The van der Waals surface area contributed by atoms with Gasteiger partial charge in [-0.15, -0.1) is 0 Å². The Kier molecular flexibility index (Phi) is 4.28. The van der Waals surface area contributed by atoms with Crippen LogP contribution in [0.25, 0.3) is 0 Å². The van der Waals surface area contributed by atoms with Gasteiger partial charge in [0.15, 0.2) is 0 Å². The second-order valence-corrected chi connectivity index (χ2v) is 2.94. The number of ether oxygens (including phenoxy) is 1. The van der Waals surface area contributed by atoms with E-state index in [-0.39, 0.29) is 12.1 Å². The van der Waals surface area contributed by atoms with E-state index in [1.54, 1.807) is 0 Å². The van der Waals surface area contributed by atoms with Crippen LogP contribution in [-0.2, 0) is 17.9 Å². The second-order valence-electron chi connectivity index (χ2n) is 2.94. The normalized spacial score (nSPS) is 10.4. The van der Waals surface area contributed by atoms with E-state index in [9.17, 15) is 4.79 Å². The molecule has 3 N–H and O–H groups in total. The highest BCUT2D eigenvalue weighted by Gasteiger charge is 2.00. The molecule has 1 aromatic heterocycles. The molecular formula is C9H15N3O2. The minimum Gasteiger partial charge on any atom is -0.374 e. The topological polar surface area (TPSA) is 81.0 Å². The Bertz CT molecular complexity index is 335. The first-order valence-corrected chi connectivity index (χ1v) is 4.62. The van der Waals surface area contributed by atoms with Gasteiger partial charge in [0.05, 0.1) is 0 Å². The molecule has 0 unspecified atom stereocenters. The molecule has 0 spiro atoms. The summed E-state index contributed by atoms with van der Waals surface area (Å²) in [6, 6.07) is 0. The lowest BCUT2D eigenvalue weighted by Gasteiger charge is -2.02. The molecular weight excluding hydrogens is 182 g/mol. The van der Waals surface area contributed by atoms with Crippen LogP contribution in [0.2, 0.25) is 0 Å². The first-order chi connectivity index (χ1) is 6.77. The van der Waals surface area contributed by atoms with Gasteiger partial charge in [0.1, 0.15) is 12.4 Å². The Labute approximate surface area is 82.3 Å². The van der Waals surface area contributed by atoms with E-state index < -0.39 is 0 Å². The zero-order valence-corrected chi connectivity index (χ0v) is 8.25. The molecule has 0 radical (unpaired) electrons. The summed E-state index contributed by atoms with van der Waals surface area (Å²) in [4.78, 5) is 17.9. The molecule has 0 aliphatic heterocycles. The van der Waals surface area contributed by atoms with Crippen molar-refractivity contribution in [2.75, 3.05) is 6.61 Å². The van der Waals surface area contributed by atoms with E-state index in [2.05, 4.69) is 9.97 Å².